The van der Waals surface area contributed by atoms with Gasteiger partial charge in [-0.15, -0.1) is 5.10 Å². The number of nitrogen functional groups attached to an aromatic ring is 1. The lowest BCUT2D eigenvalue weighted by atomic mass is 10.1. The van der Waals surface area contributed by atoms with E-state index in [4.69, 9.17) is 18.0 Å². The molecule has 1 saturated heterocycles. The lowest BCUT2D eigenvalue weighted by Gasteiger charge is -2.26. The van der Waals surface area contributed by atoms with Gasteiger partial charge < -0.3 is 10.6 Å². The molecule has 3 N–H and O–H groups in total. The summed E-state index contributed by atoms with van der Waals surface area (Å²) in [5.41, 5.74) is 5.69. The van der Waals surface area contributed by atoms with E-state index >= 15 is 0 Å². The van der Waals surface area contributed by atoms with Crippen molar-refractivity contribution in [1.29, 1.82) is 0 Å². The summed E-state index contributed by atoms with van der Waals surface area (Å²) in [6.07, 6.45) is 3.99. The highest BCUT2D eigenvalue weighted by Crippen LogP contribution is 2.09. The maximum absolute atomic E-state index is 5.69. The fraction of sp³-hybridized carbons (Fsp3) is 0.778. The van der Waals surface area contributed by atoms with Gasteiger partial charge in [0.2, 0.25) is 5.95 Å². The summed E-state index contributed by atoms with van der Waals surface area (Å²) in [5.74, 6) is 0.483. The van der Waals surface area contributed by atoms with Crippen molar-refractivity contribution in [1.82, 2.24) is 19.7 Å². The molecular formula is C9H17N5S. The van der Waals surface area contributed by atoms with Crippen LogP contribution in [0.25, 0.3) is 0 Å². The fourth-order valence-corrected chi connectivity index (χ4v) is 2.20. The highest BCUT2D eigenvalue weighted by molar-refractivity contribution is 7.71. The molecule has 1 aliphatic heterocycles. The Balaban J connectivity index is 1.89. The minimum Gasteiger partial charge on any atom is -0.368 e. The fourth-order valence-electron chi connectivity index (χ4n) is 1.97. The van der Waals surface area contributed by atoms with E-state index in [1.165, 1.54) is 32.4 Å². The van der Waals surface area contributed by atoms with Crippen LogP contribution in [0.1, 0.15) is 19.3 Å². The Hall–Kier alpha value is -0.880. The van der Waals surface area contributed by atoms with Gasteiger partial charge in [0.25, 0.3) is 0 Å². The summed E-state index contributed by atoms with van der Waals surface area (Å²) in [4.78, 5) is 2.46. The number of nitrogens with one attached hydrogen (secondary N) is 1. The second kappa shape index (κ2) is 4.76. The van der Waals surface area contributed by atoms with Crippen molar-refractivity contribution < 1.29 is 0 Å². The van der Waals surface area contributed by atoms with E-state index in [0.29, 0.717) is 10.7 Å². The first-order valence-electron chi connectivity index (χ1n) is 5.40. The molecule has 2 rings (SSSR count). The molecular weight excluding hydrogens is 210 g/mol. The number of nitrogens with zero attached hydrogens (tertiary/aromatic N) is 3. The van der Waals surface area contributed by atoms with Crippen molar-refractivity contribution in [3.8, 4) is 0 Å². The molecule has 0 bridgehead atoms. The number of aromatic amines is 1. The summed E-state index contributed by atoms with van der Waals surface area (Å²) in [5, 5.41) is 6.58. The predicted molar refractivity (Wildman–Crippen MR) is 62.1 cm³/mol. The summed E-state index contributed by atoms with van der Waals surface area (Å²) in [6, 6.07) is 0. The van der Waals surface area contributed by atoms with E-state index in [2.05, 4.69) is 15.1 Å². The molecule has 0 amide bonds. The molecule has 0 saturated carbocycles. The van der Waals surface area contributed by atoms with E-state index in [0.717, 1.165) is 13.1 Å². The van der Waals surface area contributed by atoms with Crippen molar-refractivity contribution in [2.75, 3.05) is 25.4 Å². The molecule has 1 aromatic rings. The van der Waals surface area contributed by atoms with E-state index in [1.54, 1.807) is 0 Å². The molecule has 0 unspecified atom stereocenters. The van der Waals surface area contributed by atoms with E-state index in [-0.39, 0.29) is 0 Å². The average molecular weight is 227 g/mol. The quantitative estimate of drug-likeness (QED) is 0.756. The SMILES string of the molecule is Nc1n[nH]c(=S)n1CCN1CCCCC1. The van der Waals surface area contributed by atoms with E-state index in [9.17, 15) is 0 Å². The molecule has 0 aliphatic carbocycles. The Morgan fingerprint density at radius 3 is 2.60 bits per heavy atom. The van der Waals surface area contributed by atoms with Crippen LogP contribution in [-0.2, 0) is 6.54 Å². The summed E-state index contributed by atoms with van der Waals surface area (Å²) < 4.78 is 2.47. The second-order valence-electron chi connectivity index (χ2n) is 3.94. The second-order valence-corrected chi connectivity index (χ2v) is 4.33. The number of hydrogen-bond acceptors (Lipinski definition) is 4. The van der Waals surface area contributed by atoms with Gasteiger partial charge in [-0.3, -0.25) is 4.57 Å². The molecule has 0 spiro atoms. The van der Waals surface area contributed by atoms with E-state index in [1.807, 2.05) is 4.57 Å². The monoisotopic (exact) mass is 227 g/mol. The zero-order valence-corrected chi connectivity index (χ0v) is 9.59. The molecule has 84 valence electrons. The maximum Gasteiger partial charge on any atom is 0.220 e. The number of aromatic nitrogens is 3. The molecule has 1 aliphatic rings. The van der Waals surface area contributed by atoms with Crippen LogP contribution in [-0.4, -0.2) is 39.3 Å². The lowest BCUT2D eigenvalue weighted by molar-refractivity contribution is 0.221. The van der Waals surface area contributed by atoms with Gasteiger partial charge in [0.1, 0.15) is 0 Å². The van der Waals surface area contributed by atoms with Crippen molar-refractivity contribution in [2.45, 2.75) is 25.8 Å². The largest absolute Gasteiger partial charge is 0.368 e. The summed E-state index contributed by atoms with van der Waals surface area (Å²) in [6.45, 7) is 4.25. The Bertz CT molecular complexity index is 363. The number of likely N-dealkylation sites (tertiary alicyclic amines) is 1. The van der Waals surface area contributed by atoms with Crippen LogP contribution in [0.15, 0.2) is 0 Å². The van der Waals surface area contributed by atoms with Crippen molar-refractivity contribution >= 4 is 18.2 Å². The van der Waals surface area contributed by atoms with Gasteiger partial charge in [0.05, 0.1) is 0 Å². The highest BCUT2D eigenvalue weighted by Gasteiger charge is 2.10. The van der Waals surface area contributed by atoms with Crippen molar-refractivity contribution in [2.24, 2.45) is 0 Å². The number of anilines is 1. The molecule has 0 aromatic carbocycles. The van der Waals surface area contributed by atoms with Crippen LogP contribution >= 0.6 is 12.2 Å². The zero-order valence-electron chi connectivity index (χ0n) is 8.78. The Labute approximate surface area is 94.3 Å². The molecule has 0 radical (unpaired) electrons. The molecule has 6 heteroatoms. The van der Waals surface area contributed by atoms with Crippen LogP contribution in [0.5, 0.6) is 0 Å². The maximum atomic E-state index is 5.69. The Morgan fingerprint density at radius 1 is 1.27 bits per heavy atom. The Morgan fingerprint density at radius 2 is 2.00 bits per heavy atom. The molecule has 15 heavy (non-hydrogen) atoms. The van der Waals surface area contributed by atoms with Crippen molar-refractivity contribution in [3.63, 3.8) is 0 Å². The molecule has 5 nitrogen and oxygen atoms in total. The molecule has 1 aromatic heterocycles. The van der Waals surface area contributed by atoms with Crippen LogP contribution in [0.2, 0.25) is 0 Å². The van der Waals surface area contributed by atoms with Gasteiger partial charge in [-0.2, -0.15) is 0 Å². The predicted octanol–water partition coefficient (Wildman–Crippen LogP) is 1.01. The number of hydrogen-bond donors (Lipinski definition) is 2. The minimum atomic E-state index is 0.483. The van der Waals surface area contributed by atoms with Crippen LogP contribution < -0.4 is 5.73 Å². The third-order valence-corrected chi connectivity index (χ3v) is 3.19. The molecule has 1 fully saturated rings. The first-order valence-corrected chi connectivity index (χ1v) is 5.81. The Kier molecular flexibility index (Phi) is 3.37. The third kappa shape index (κ3) is 2.57. The first kappa shape index (κ1) is 10.6. The number of rotatable bonds is 3. The number of nitrogens with two attached hydrogens (primary N) is 1. The smallest absolute Gasteiger partial charge is 0.220 e. The van der Waals surface area contributed by atoms with Gasteiger partial charge in [-0.25, -0.2) is 5.10 Å². The zero-order chi connectivity index (χ0) is 10.7. The standard InChI is InChI=1S/C9H17N5S/c10-8-11-12-9(15)14(8)7-6-13-4-2-1-3-5-13/h1-7H2,(H2,10,11)(H,12,15). The van der Waals surface area contributed by atoms with E-state index < -0.39 is 0 Å². The number of H-pyrrole nitrogens is 1. The average Bonchev–Trinajstić information content (AvgIpc) is 2.58. The van der Waals surface area contributed by atoms with Gasteiger partial charge in [0.15, 0.2) is 4.77 Å². The van der Waals surface area contributed by atoms with Crippen molar-refractivity contribution in [3.05, 3.63) is 4.77 Å². The van der Waals surface area contributed by atoms with Crippen LogP contribution in [0.4, 0.5) is 5.95 Å². The first-order chi connectivity index (χ1) is 7.27. The molecule has 2 heterocycles. The van der Waals surface area contributed by atoms with Crippen LogP contribution in [0.3, 0.4) is 0 Å². The van der Waals surface area contributed by atoms with Gasteiger partial charge in [-0.1, -0.05) is 6.42 Å². The topological polar surface area (TPSA) is 62.9 Å². The third-order valence-electron chi connectivity index (χ3n) is 2.88. The molecule has 0 atom stereocenters. The van der Waals surface area contributed by atoms with Gasteiger partial charge in [-0.05, 0) is 38.1 Å². The van der Waals surface area contributed by atoms with Crippen LogP contribution in [0, 0.1) is 4.77 Å². The van der Waals surface area contributed by atoms with Gasteiger partial charge in [0, 0.05) is 13.1 Å². The summed E-state index contributed by atoms with van der Waals surface area (Å²) in [7, 11) is 0. The summed E-state index contributed by atoms with van der Waals surface area (Å²) >= 11 is 5.09. The number of piperidine rings is 1. The van der Waals surface area contributed by atoms with Gasteiger partial charge >= 0.3 is 0 Å². The lowest BCUT2D eigenvalue weighted by Crippen LogP contribution is -2.32. The minimum absolute atomic E-state index is 0.483. The normalized spacial score (nSPS) is 18.1. The highest BCUT2D eigenvalue weighted by atomic mass is 32.1.